The Kier molecular flexibility index (Phi) is 6.01. The standard InChI is InChI=1S/C23H31N3O2/c1-28-20-9-7-19(8-10-20)25-17-15-24(16-18-25)12-2-3-13-26-14-11-21-22(26)5-4-6-23(21)27/h7-11,14H,2-6,12-13,15-18H2,1H3. The number of carbonyl (C=O) groups excluding carboxylic acids is 1. The maximum Gasteiger partial charge on any atom is 0.164 e. The lowest BCUT2D eigenvalue weighted by Crippen LogP contribution is -2.46. The van der Waals surface area contributed by atoms with Crippen molar-refractivity contribution in [3.05, 3.63) is 47.8 Å². The third-order valence-corrected chi connectivity index (χ3v) is 6.13. The predicted octanol–water partition coefficient (Wildman–Crippen LogP) is 3.62. The number of anilines is 1. The summed E-state index contributed by atoms with van der Waals surface area (Å²) in [6.45, 7) is 6.62. The summed E-state index contributed by atoms with van der Waals surface area (Å²) in [6, 6.07) is 10.4. The van der Waals surface area contributed by atoms with Crippen molar-refractivity contribution in [2.75, 3.05) is 44.7 Å². The van der Waals surface area contributed by atoms with Crippen LogP contribution in [0.3, 0.4) is 0 Å². The molecule has 150 valence electrons. The molecule has 5 heteroatoms. The van der Waals surface area contributed by atoms with E-state index in [1.165, 1.54) is 30.8 Å². The minimum Gasteiger partial charge on any atom is -0.497 e. The molecule has 2 heterocycles. The van der Waals surface area contributed by atoms with Gasteiger partial charge >= 0.3 is 0 Å². The molecule has 0 amide bonds. The molecule has 0 bridgehead atoms. The van der Waals surface area contributed by atoms with Crippen LogP contribution < -0.4 is 9.64 Å². The summed E-state index contributed by atoms with van der Waals surface area (Å²) in [7, 11) is 1.71. The number of hydrogen-bond acceptors (Lipinski definition) is 4. The summed E-state index contributed by atoms with van der Waals surface area (Å²) < 4.78 is 7.56. The number of nitrogens with zero attached hydrogens (tertiary/aromatic N) is 3. The van der Waals surface area contributed by atoms with Crippen molar-refractivity contribution >= 4 is 11.5 Å². The molecule has 2 aliphatic rings. The minimum atomic E-state index is 0.328. The van der Waals surface area contributed by atoms with Crippen molar-refractivity contribution in [1.82, 2.24) is 9.47 Å². The van der Waals surface area contributed by atoms with Crippen LogP contribution in [0.1, 0.15) is 41.7 Å². The zero-order valence-corrected chi connectivity index (χ0v) is 16.9. The summed E-state index contributed by atoms with van der Waals surface area (Å²) in [4.78, 5) is 17.0. The lowest BCUT2D eigenvalue weighted by atomic mass is 9.97. The largest absolute Gasteiger partial charge is 0.497 e. The Morgan fingerprint density at radius 1 is 0.929 bits per heavy atom. The number of piperazine rings is 1. The molecule has 0 unspecified atom stereocenters. The number of fused-ring (bicyclic) bond motifs is 1. The van der Waals surface area contributed by atoms with Crippen LogP contribution in [0.5, 0.6) is 5.75 Å². The van der Waals surface area contributed by atoms with Gasteiger partial charge in [0.1, 0.15) is 5.75 Å². The number of carbonyl (C=O) groups is 1. The lowest BCUT2D eigenvalue weighted by molar-refractivity contribution is 0.0971. The maximum atomic E-state index is 12.0. The van der Waals surface area contributed by atoms with Crippen molar-refractivity contribution in [2.24, 2.45) is 0 Å². The van der Waals surface area contributed by atoms with E-state index in [2.05, 4.69) is 32.7 Å². The van der Waals surface area contributed by atoms with Crippen molar-refractivity contribution in [3.63, 3.8) is 0 Å². The molecule has 28 heavy (non-hydrogen) atoms. The summed E-state index contributed by atoms with van der Waals surface area (Å²) >= 11 is 0. The molecule has 0 radical (unpaired) electrons. The average Bonchev–Trinajstić information content (AvgIpc) is 3.16. The molecule has 1 aromatic heterocycles. The molecule has 1 fully saturated rings. The van der Waals surface area contributed by atoms with E-state index >= 15 is 0 Å². The summed E-state index contributed by atoms with van der Waals surface area (Å²) in [5, 5.41) is 0. The van der Waals surface area contributed by atoms with Crippen LogP contribution in [-0.4, -0.2) is 55.1 Å². The number of benzene rings is 1. The van der Waals surface area contributed by atoms with E-state index in [1.54, 1.807) is 7.11 Å². The first-order valence-corrected chi connectivity index (χ1v) is 10.6. The molecular weight excluding hydrogens is 350 g/mol. The second kappa shape index (κ2) is 8.82. The highest BCUT2D eigenvalue weighted by Gasteiger charge is 2.20. The zero-order valence-electron chi connectivity index (χ0n) is 16.9. The van der Waals surface area contributed by atoms with Gasteiger partial charge in [-0.25, -0.2) is 0 Å². The Hall–Kier alpha value is -2.27. The third-order valence-electron chi connectivity index (χ3n) is 6.13. The Morgan fingerprint density at radius 3 is 2.43 bits per heavy atom. The second-order valence-corrected chi connectivity index (χ2v) is 7.88. The van der Waals surface area contributed by atoms with Crippen LogP contribution in [-0.2, 0) is 13.0 Å². The van der Waals surface area contributed by atoms with Gasteiger partial charge in [0.25, 0.3) is 0 Å². The van der Waals surface area contributed by atoms with Gasteiger partial charge in [0.2, 0.25) is 0 Å². The van der Waals surface area contributed by atoms with Gasteiger partial charge < -0.3 is 14.2 Å². The summed E-state index contributed by atoms with van der Waals surface area (Å²) in [5.74, 6) is 1.24. The number of hydrogen-bond donors (Lipinski definition) is 0. The van der Waals surface area contributed by atoms with Crippen LogP contribution in [0, 0.1) is 0 Å². The molecule has 0 atom stereocenters. The molecule has 2 aromatic rings. The van der Waals surface area contributed by atoms with Gasteiger partial charge in [0, 0.05) is 62.3 Å². The first-order valence-electron chi connectivity index (χ1n) is 10.6. The molecule has 0 spiro atoms. The number of aromatic nitrogens is 1. The highest BCUT2D eigenvalue weighted by Crippen LogP contribution is 2.23. The quantitative estimate of drug-likeness (QED) is 0.687. The topological polar surface area (TPSA) is 37.7 Å². The van der Waals surface area contributed by atoms with E-state index < -0.39 is 0 Å². The number of aryl methyl sites for hydroxylation is 1. The van der Waals surface area contributed by atoms with Crippen LogP contribution in [0.15, 0.2) is 36.5 Å². The normalized spacial score (nSPS) is 17.6. The average molecular weight is 382 g/mol. The molecule has 5 nitrogen and oxygen atoms in total. The van der Waals surface area contributed by atoms with E-state index in [0.717, 1.165) is 63.3 Å². The fourth-order valence-corrected chi connectivity index (χ4v) is 4.44. The van der Waals surface area contributed by atoms with E-state index in [9.17, 15) is 4.79 Å². The van der Waals surface area contributed by atoms with E-state index in [0.29, 0.717) is 5.78 Å². The molecule has 4 rings (SSSR count). The Bertz CT molecular complexity index is 789. The van der Waals surface area contributed by atoms with Crippen molar-refractivity contribution in [1.29, 1.82) is 0 Å². The van der Waals surface area contributed by atoms with Gasteiger partial charge in [-0.2, -0.15) is 0 Å². The summed E-state index contributed by atoms with van der Waals surface area (Å²) in [5.41, 5.74) is 3.53. The van der Waals surface area contributed by atoms with Crippen molar-refractivity contribution in [3.8, 4) is 5.75 Å². The molecule has 1 saturated heterocycles. The lowest BCUT2D eigenvalue weighted by Gasteiger charge is -2.36. The monoisotopic (exact) mass is 381 g/mol. The fourth-order valence-electron chi connectivity index (χ4n) is 4.44. The van der Waals surface area contributed by atoms with Crippen molar-refractivity contribution < 1.29 is 9.53 Å². The molecule has 1 aliphatic carbocycles. The Morgan fingerprint density at radius 2 is 1.68 bits per heavy atom. The molecule has 0 saturated carbocycles. The molecular formula is C23H31N3O2. The van der Waals surface area contributed by atoms with Crippen LogP contribution in [0.2, 0.25) is 0 Å². The highest BCUT2D eigenvalue weighted by atomic mass is 16.5. The maximum absolute atomic E-state index is 12.0. The molecule has 1 aromatic carbocycles. The second-order valence-electron chi connectivity index (χ2n) is 7.88. The van der Waals surface area contributed by atoms with Gasteiger partial charge in [-0.05, 0) is 62.6 Å². The first kappa shape index (κ1) is 19.1. The van der Waals surface area contributed by atoms with Gasteiger partial charge in [-0.15, -0.1) is 0 Å². The van der Waals surface area contributed by atoms with Gasteiger partial charge in [-0.1, -0.05) is 0 Å². The Balaban J connectivity index is 1.18. The fraction of sp³-hybridized carbons (Fsp3) is 0.522. The van der Waals surface area contributed by atoms with Gasteiger partial charge in [0.05, 0.1) is 7.11 Å². The van der Waals surface area contributed by atoms with Gasteiger partial charge in [0.15, 0.2) is 5.78 Å². The Labute approximate surface area is 167 Å². The first-order chi connectivity index (χ1) is 13.7. The van der Waals surface area contributed by atoms with Crippen LogP contribution in [0.25, 0.3) is 0 Å². The van der Waals surface area contributed by atoms with Crippen molar-refractivity contribution in [2.45, 2.75) is 38.6 Å². The number of unbranched alkanes of at least 4 members (excludes halogenated alkanes) is 1. The smallest absolute Gasteiger partial charge is 0.164 e. The molecule has 1 aliphatic heterocycles. The SMILES string of the molecule is COc1ccc(N2CCN(CCCCn3ccc4c3CCCC4=O)CC2)cc1. The van der Waals surface area contributed by atoms with Crippen LogP contribution >= 0.6 is 0 Å². The number of methoxy groups -OCH3 is 1. The number of ketones is 1. The predicted molar refractivity (Wildman–Crippen MR) is 113 cm³/mol. The van der Waals surface area contributed by atoms with Crippen LogP contribution in [0.4, 0.5) is 5.69 Å². The highest BCUT2D eigenvalue weighted by molar-refractivity contribution is 5.98. The third kappa shape index (κ3) is 4.25. The number of ether oxygens (including phenoxy) is 1. The van der Waals surface area contributed by atoms with E-state index in [1.807, 2.05) is 18.2 Å². The molecule has 0 N–H and O–H groups in total. The number of rotatable bonds is 7. The van der Waals surface area contributed by atoms with E-state index in [4.69, 9.17) is 4.74 Å². The zero-order chi connectivity index (χ0) is 19.3. The minimum absolute atomic E-state index is 0.328. The van der Waals surface area contributed by atoms with Gasteiger partial charge in [-0.3, -0.25) is 9.69 Å². The number of Topliss-reactive ketones (excluding diaryl/α,β-unsaturated/α-hetero) is 1. The van der Waals surface area contributed by atoms with E-state index in [-0.39, 0.29) is 0 Å². The summed E-state index contributed by atoms with van der Waals surface area (Å²) in [6.07, 6.45) is 7.29.